The van der Waals surface area contributed by atoms with Gasteiger partial charge >= 0.3 is 0 Å². The molecule has 2 unspecified atom stereocenters. The molecule has 1 aromatic carbocycles. The van der Waals surface area contributed by atoms with Crippen LogP contribution in [0.3, 0.4) is 0 Å². The highest BCUT2D eigenvalue weighted by molar-refractivity contribution is 6.42. The third kappa shape index (κ3) is 4.27. The van der Waals surface area contributed by atoms with Crippen LogP contribution >= 0.6 is 23.2 Å². The van der Waals surface area contributed by atoms with Gasteiger partial charge in [-0.3, -0.25) is 4.79 Å². The fraction of sp³-hybridized carbons (Fsp3) is 0.462. The van der Waals surface area contributed by atoms with Crippen molar-refractivity contribution in [3.63, 3.8) is 0 Å². The van der Waals surface area contributed by atoms with Crippen LogP contribution in [-0.4, -0.2) is 36.5 Å². The molecule has 0 bridgehead atoms. The first-order chi connectivity index (χ1) is 8.86. The zero-order chi connectivity index (χ0) is 14.6. The third-order valence-electron chi connectivity index (χ3n) is 2.90. The predicted molar refractivity (Wildman–Crippen MR) is 77.8 cm³/mol. The summed E-state index contributed by atoms with van der Waals surface area (Å²) in [5, 5.41) is 0.837. The number of nitrogens with two attached hydrogens (primary N) is 1. The van der Waals surface area contributed by atoms with E-state index in [4.69, 9.17) is 33.7 Å². The van der Waals surface area contributed by atoms with Gasteiger partial charge in [-0.15, -0.1) is 0 Å². The average Bonchev–Trinajstić information content (AvgIpc) is 2.40. The van der Waals surface area contributed by atoms with Crippen molar-refractivity contribution in [2.75, 3.05) is 13.6 Å². The molecule has 0 radical (unpaired) electrons. The fourth-order valence-electron chi connectivity index (χ4n) is 1.47. The van der Waals surface area contributed by atoms with Gasteiger partial charge in [0.25, 0.3) is 5.91 Å². The Bertz CT molecular complexity index is 454. The van der Waals surface area contributed by atoms with Crippen LogP contribution in [0.2, 0.25) is 10.0 Å². The minimum absolute atomic E-state index is 0.0349. The van der Waals surface area contributed by atoms with Crippen LogP contribution in [0.25, 0.3) is 0 Å². The number of carbonyl (C=O) groups excluding carboxylic acids is 1. The summed E-state index contributed by atoms with van der Waals surface area (Å²) >= 11 is 11.7. The van der Waals surface area contributed by atoms with Gasteiger partial charge < -0.3 is 15.4 Å². The highest BCUT2D eigenvalue weighted by Gasteiger charge is 2.22. The van der Waals surface area contributed by atoms with Crippen molar-refractivity contribution in [1.29, 1.82) is 0 Å². The molecule has 106 valence electrons. The SMILES string of the molecule is CC(Oc1ccc(Cl)c(Cl)c1)C(=O)N(C)C(C)CN. The van der Waals surface area contributed by atoms with E-state index in [1.54, 1.807) is 37.1 Å². The zero-order valence-electron chi connectivity index (χ0n) is 11.2. The number of rotatable bonds is 5. The average molecular weight is 305 g/mol. The molecule has 4 nitrogen and oxygen atoms in total. The third-order valence-corrected chi connectivity index (χ3v) is 3.64. The van der Waals surface area contributed by atoms with Crippen molar-refractivity contribution < 1.29 is 9.53 Å². The second kappa shape index (κ2) is 6.98. The number of benzene rings is 1. The van der Waals surface area contributed by atoms with Gasteiger partial charge in [-0.2, -0.15) is 0 Å². The van der Waals surface area contributed by atoms with Crippen molar-refractivity contribution in [2.24, 2.45) is 5.73 Å². The lowest BCUT2D eigenvalue weighted by atomic mass is 10.2. The van der Waals surface area contributed by atoms with E-state index in [1.165, 1.54) is 0 Å². The van der Waals surface area contributed by atoms with Gasteiger partial charge in [0.2, 0.25) is 0 Å². The second-order valence-electron chi connectivity index (χ2n) is 4.37. The number of hydrogen-bond acceptors (Lipinski definition) is 3. The van der Waals surface area contributed by atoms with Crippen molar-refractivity contribution >= 4 is 29.1 Å². The molecule has 0 aliphatic heterocycles. The summed E-state index contributed by atoms with van der Waals surface area (Å²) in [7, 11) is 1.70. The van der Waals surface area contributed by atoms with Crippen LogP contribution in [0.4, 0.5) is 0 Å². The first-order valence-electron chi connectivity index (χ1n) is 5.95. The molecule has 0 heterocycles. The number of halogens is 2. The Balaban J connectivity index is 2.70. The molecule has 1 amide bonds. The van der Waals surface area contributed by atoms with E-state index in [1.807, 2.05) is 6.92 Å². The van der Waals surface area contributed by atoms with Gasteiger partial charge in [-0.05, 0) is 26.0 Å². The molecule has 0 fully saturated rings. The lowest BCUT2D eigenvalue weighted by Crippen LogP contribution is -2.45. The van der Waals surface area contributed by atoms with Crippen LogP contribution in [-0.2, 0) is 4.79 Å². The highest BCUT2D eigenvalue weighted by Crippen LogP contribution is 2.27. The van der Waals surface area contributed by atoms with Crippen molar-refractivity contribution in [2.45, 2.75) is 26.0 Å². The van der Waals surface area contributed by atoms with Crippen LogP contribution in [0.1, 0.15) is 13.8 Å². The Morgan fingerprint density at radius 3 is 2.53 bits per heavy atom. The van der Waals surface area contributed by atoms with Crippen molar-refractivity contribution in [3.05, 3.63) is 28.2 Å². The number of hydrogen-bond donors (Lipinski definition) is 1. The molecule has 1 rings (SSSR count). The van der Waals surface area contributed by atoms with E-state index < -0.39 is 6.10 Å². The Morgan fingerprint density at radius 1 is 1.37 bits per heavy atom. The number of ether oxygens (including phenoxy) is 1. The Hall–Kier alpha value is -0.970. The summed E-state index contributed by atoms with van der Waals surface area (Å²) in [4.78, 5) is 13.7. The molecular formula is C13H18Cl2N2O2. The minimum atomic E-state index is -0.615. The summed E-state index contributed by atoms with van der Waals surface area (Å²) < 4.78 is 5.55. The Morgan fingerprint density at radius 2 is 2.00 bits per heavy atom. The van der Waals surface area contributed by atoms with Crippen LogP contribution in [0.15, 0.2) is 18.2 Å². The van der Waals surface area contributed by atoms with Gasteiger partial charge in [0, 0.05) is 25.7 Å². The molecule has 0 aliphatic carbocycles. The van der Waals surface area contributed by atoms with E-state index in [9.17, 15) is 4.79 Å². The van der Waals surface area contributed by atoms with E-state index in [-0.39, 0.29) is 11.9 Å². The molecule has 0 aromatic heterocycles. The summed E-state index contributed by atoms with van der Waals surface area (Å²) in [6, 6.07) is 4.85. The quantitative estimate of drug-likeness (QED) is 0.909. The van der Waals surface area contributed by atoms with Crippen LogP contribution < -0.4 is 10.5 Å². The molecule has 0 saturated heterocycles. The second-order valence-corrected chi connectivity index (χ2v) is 5.18. The molecule has 19 heavy (non-hydrogen) atoms. The number of carbonyl (C=O) groups is 1. The lowest BCUT2D eigenvalue weighted by molar-refractivity contribution is -0.138. The topological polar surface area (TPSA) is 55.6 Å². The monoisotopic (exact) mass is 304 g/mol. The minimum Gasteiger partial charge on any atom is -0.481 e. The van der Waals surface area contributed by atoms with E-state index in [2.05, 4.69) is 0 Å². The van der Waals surface area contributed by atoms with Gasteiger partial charge in [-0.25, -0.2) is 0 Å². The summed E-state index contributed by atoms with van der Waals surface area (Å²) in [5.41, 5.74) is 5.53. The lowest BCUT2D eigenvalue weighted by Gasteiger charge is -2.27. The maximum Gasteiger partial charge on any atom is 0.263 e. The first-order valence-corrected chi connectivity index (χ1v) is 6.70. The Labute approximate surface area is 123 Å². The van der Waals surface area contributed by atoms with Gasteiger partial charge in [0.05, 0.1) is 10.0 Å². The van der Waals surface area contributed by atoms with Crippen LogP contribution in [0, 0.1) is 0 Å². The Kier molecular flexibility index (Phi) is 5.91. The summed E-state index contributed by atoms with van der Waals surface area (Å²) in [5.74, 6) is 0.369. The number of nitrogens with zero attached hydrogens (tertiary/aromatic N) is 1. The molecule has 2 N–H and O–H groups in total. The number of amides is 1. The smallest absolute Gasteiger partial charge is 0.263 e. The van der Waals surface area contributed by atoms with Crippen molar-refractivity contribution in [3.8, 4) is 5.75 Å². The molecule has 0 saturated carbocycles. The normalized spacial score (nSPS) is 13.8. The van der Waals surface area contributed by atoms with Crippen molar-refractivity contribution in [1.82, 2.24) is 4.90 Å². The maximum atomic E-state index is 12.1. The highest BCUT2D eigenvalue weighted by atomic mass is 35.5. The standard InChI is InChI=1S/C13H18Cl2N2O2/c1-8(7-16)17(3)13(18)9(2)19-10-4-5-11(14)12(15)6-10/h4-6,8-9H,7,16H2,1-3H3. The molecule has 1 aromatic rings. The first kappa shape index (κ1) is 16.1. The van der Waals surface area contributed by atoms with Gasteiger partial charge in [0.1, 0.15) is 5.75 Å². The predicted octanol–water partition coefficient (Wildman–Crippen LogP) is 2.57. The molecular weight excluding hydrogens is 287 g/mol. The van der Waals surface area contributed by atoms with Gasteiger partial charge in [-0.1, -0.05) is 23.2 Å². The van der Waals surface area contributed by atoms with Gasteiger partial charge in [0.15, 0.2) is 6.10 Å². The van der Waals surface area contributed by atoms with E-state index >= 15 is 0 Å². The fourth-order valence-corrected chi connectivity index (χ4v) is 1.75. The van der Waals surface area contributed by atoms with Crippen LogP contribution in [0.5, 0.6) is 5.75 Å². The largest absolute Gasteiger partial charge is 0.481 e. The molecule has 0 spiro atoms. The summed E-state index contributed by atoms with van der Waals surface area (Å²) in [6.45, 7) is 3.97. The zero-order valence-corrected chi connectivity index (χ0v) is 12.7. The van der Waals surface area contributed by atoms with E-state index in [0.717, 1.165) is 0 Å². The summed E-state index contributed by atoms with van der Waals surface area (Å²) in [6.07, 6.45) is -0.615. The van der Waals surface area contributed by atoms with E-state index in [0.29, 0.717) is 22.3 Å². The molecule has 6 heteroatoms. The maximum absolute atomic E-state index is 12.1. The molecule has 2 atom stereocenters. The number of likely N-dealkylation sites (N-methyl/N-ethyl adjacent to an activating group) is 1. The molecule has 0 aliphatic rings.